The fraction of sp³-hybridized carbons (Fsp3) is 0.667. The van der Waals surface area contributed by atoms with E-state index in [1.54, 1.807) is 14.2 Å². The zero-order chi connectivity index (χ0) is 15.6. The number of fused-ring (bicyclic) bond motifs is 1. The number of piperidine rings is 1. The average Bonchev–Trinajstić information content (AvgIpc) is 2.55. The Morgan fingerprint density at radius 2 is 2.09 bits per heavy atom. The minimum atomic E-state index is -0.404. The molecule has 0 amide bonds. The minimum Gasteiger partial charge on any atom is -0.497 e. The van der Waals surface area contributed by atoms with Gasteiger partial charge in [0.05, 0.1) is 19.8 Å². The van der Waals surface area contributed by atoms with E-state index < -0.39 is 5.60 Å². The second-order valence-electron chi connectivity index (χ2n) is 6.71. The van der Waals surface area contributed by atoms with Gasteiger partial charge in [0, 0.05) is 37.2 Å². The van der Waals surface area contributed by atoms with Crippen LogP contribution in [0.4, 0.5) is 0 Å². The van der Waals surface area contributed by atoms with Crippen molar-refractivity contribution in [3.05, 3.63) is 23.8 Å². The summed E-state index contributed by atoms with van der Waals surface area (Å²) in [5.74, 6) is 2.13. The molecule has 1 saturated carbocycles. The Labute approximate surface area is 133 Å². The van der Waals surface area contributed by atoms with Crippen molar-refractivity contribution in [2.24, 2.45) is 5.92 Å². The summed E-state index contributed by atoms with van der Waals surface area (Å²) in [5.41, 5.74) is 0.781. The van der Waals surface area contributed by atoms with Gasteiger partial charge in [0.25, 0.3) is 0 Å². The van der Waals surface area contributed by atoms with Gasteiger partial charge in [-0.05, 0) is 25.3 Å². The Morgan fingerprint density at radius 1 is 1.23 bits per heavy atom. The zero-order valence-corrected chi connectivity index (χ0v) is 13.7. The maximum absolute atomic E-state index is 10.8. The van der Waals surface area contributed by atoms with Gasteiger partial charge in [0.2, 0.25) is 0 Å². The van der Waals surface area contributed by atoms with E-state index >= 15 is 0 Å². The van der Waals surface area contributed by atoms with Crippen LogP contribution in [0.15, 0.2) is 18.2 Å². The molecule has 2 aliphatic rings. The largest absolute Gasteiger partial charge is 0.497 e. The number of hydrogen-bond acceptors (Lipinski definition) is 4. The van der Waals surface area contributed by atoms with Crippen LogP contribution in [0.2, 0.25) is 0 Å². The Bertz CT molecular complexity index is 519. The lowest BCUT2D eigenvalue weighted by Gasteiger charge is -2.47. The summed E-state index contributed by atoms with van der Waals surface area (Å²) in [7, 11) is 3.37. The first-order chi connectivity index (χ1) is 10.6. The Balaban J connectivity index is 1.69. The highest BCUT2D eigenvalue weighted by molar-refractivity contribution is 5.40. The molecule has 2 unspecified atom stereocenters. The first-order valence-corrected chi connectivity index (χ1v) is 8.30. The highest BCUT2D eigenvalue weighted by Gasteiger charge is 2.42. The lowest BCUT2D eigenvalue weighted by Crippen LogP contribution is -2.52. The van der Waals surface area contributed by atoms with Crippen molar-refractivity contribution >= 4 is 0 Å². The molecular formula is C18H27NO3. The third kappa shape index (κ3) is 3.08. The van der Waals surface area contributed by atoms with Crippen LogP contribution in [0.5, 0.6) is 11.5 Å². The van der Waals surface area contributed by atoms with Crippen LogP contribution >= 0.6 is 0 Å². The highest BCUT2D eigenvalue weighted by atomic mass is 16.5. The number of methoxy groups -OCH3 is 2. The van der Waals surface area contributed by atoms with Gasteiger partial charge in [-0.1, -0.05) is 18.9 Å². The van der Waals surface area contributed by atoms with Crippen LogP contribution in [-0.2, 0) is 6.54 Å². The van der Waals surface area contributed by atoms with E-state index in [9.17, 15) is 5.11 Å². The maximum Gasteiger partial charge on any atom is 0.127 e. The van der Waals surface area contributed by atoms with Crippen molar-refractivity contribution in [1.82, 2.24) is 4.90 Å². The molecule has 2 atom stereocenters. The Kier molecular flexibility index (Phi) is 4.59. The number of nitrogens with zero attached hydrogens (tertiary/aromatic N) is 1. The summed E-state index contributed by atoms with van der Waals surface area (Å²) in [6.07, 6.45) is 5.48. The van der Waals surface area contributed by atoms with E-state index in [1.165, 1.54) is 18.4 Å². The summed E-state index contributed by atoms with van der Waals surface area (Å²) in [6.45, 7) is 2.83. The number of aliphatic hydroxyl groups is 1. The molecule has 3 rings (SSSR count). The number of ether oxygens (including phenoxy) is 2. The number of benzene rings is 1. The van der Waals surface area contributed by atoms with Crippen molar-refractivity contribution in [2.75, 3.05) is 27.3 Å². The van der Waals surface area contributed by atoms with Gasteiger partial charge in [-0.15, -0.1) is 0 Å². The summed E-state index contributed by atoms with van der Waals surface area (Å²) in [4.78, 5) is 2.45. The molecule has 0 spiro atoms. The first-order valence-electron chi connectivity index (χ1n) is 8.30. The normalized spacial score (nSPS) is 29.0. The third-order valence-electron chi connectivity index (χ3n) is 5.40. The molecule has 2 fully saturated rings. The van der Waals surface area contributed by atoms with Crippen molar-refractivity contribution < 1.29 is 14.6 Å². The molecule has 22 heavy (non-hydrogen) atoms. The molecule has 1 saturated heterocycles. The van der Waals surface area contributed by atoms with Gasteiger partial charge < -0.3 is 14.6 Å². The summed E-state index contributed by atoms with van der Waals surface area (Å²) < 4.78 is 10.8. The van der Waals surface area contributed by atoms with Crippen LogP contribution in [0.1, 0.15) is 37.7 Å². The molecule has 4 nitrogen and oxygen atoms in total. The maximum atomic E-state index is 10.8. The monoisotopic (exact) mass is 305 g/mol. The molecule has 0 radical (unpaired) electrons. The minimum absolute atomic E-state index is 0.404. The molecule has 0 aromatic heterocycles. The van der Waals surface area contributed by atoms with Crippen molar-refractivity contribution in [2.45, 2.75) is 44.2 Å². The van der Waals surface area contributed by atoms with Gasteiger partial charge in [0.15, 0.2) is 0 Å². The molecule has 0 bridgehead atoms. The fourth-order valence-corrected chi connectivity index (χ4v) is 4.01. The first kappa shape index (κ1) is 15.6. The van der Waals surface area contributed by atoms with E-state index in [4.69, 9.17) is 9.47 Å². The van der Waals surface area contributed by atoms with E-state index in [2.05, 4.69) is 11.0 Å². The van der Waals surface area contributed by atoms with E-state index in [1.807, 2.05) is 12.1 Å². The van der Waals surface area contributed by atoms with Gasteiger partial charge >= 0.3 is 0 Å². The highest BCUT2D eigenvalue weighted by Crippen LogP contribution is 2.40. The topological polar surface area (TPSA) is 41.9 Å². The molecule has 122 valence electrons. The zero-order valence-electron chi connectivity index (χ0n) is 13.7. The smallest absolute Gasteiger partial charge is 0.127 e. The molecule has 4 heteroatoms. The molecule has 1 aromatic carbocycles. The van der Waals surface area contributed by atoms with Crippen LogP contribution in [0.3, 0.4) is 0 Å². The quantitative estimate of drug-likeness (QED) is 0.929. The molecule has 1 aromatic rings. The van der Waals surface area contributed by atoms with Gasteiger partial charge in [-0.25, -0.2) is 0 Å². The molecular weight excluding hydrogens is 278 g/mol. The number of hydrogen-bond donors (Lipinski definition) is 1. The second kappa shape index (κ2) is 6.47. The van der Waals surface area contributed by atoms with Crippen molar-refractivity contribution in [3.63, 3.8) is 0 Å². The predicted molar refractivity (Wildman–Crippen MR) is 86.3 cm³/mol. The van der Waals surface area contributed by atoms with E-state index in [0.29, 0.717) is 5.92 Å². The van der Waals surface area contributed by atoms with Crippen molar-refractivity contribution in [3.8, 4) is 11.5 Å². The van der Waals surface area contributed by atoms with Crippen molar-refractivity contribution in [1.29, 1.82) is 0 Å². The van der Waals surface area contributed by atoms with Gasteiger partial charge in [-0.3, -0.25) is 4.90 Å². The lowest BCUT2D eigenvalue weighted by molar-refractivity contribution is -0.0968. The summed E-state index contributed by atoms with van der Waals surface area (Å²) in [6, 6.07) is 6.01. The van der Waals surface area contributed by atoms with Gasteiger partial charge in [-0.2, -0.15) is 0 Å². The molecule has 1 aliphatic heterocycles. The average molecular weight is 305 g/mol. The van der Waals surface area contributed by atoms with Crippen LogP contribution in [0.25, 0.3) is 0 Å². The lowest BCUT2D eigenvalue weighted by atomic mass is 9.71. The summed E-state index contributed by atoms with van der Waals surface area (Å²) in [5, 5.41) is 10.8. The standard InChI is InChI=1S/C18H27NO3/c1-21-16-7-6-14(17(11-16)22-2)12-19-10-9-18(20)8-4-3-5-15(18)13-19/h6-7,11,15,20H,3-5,8-10,12-13H2,1-2H3. The molecule has 1 aliphatic carbocycles. The van der Waals surface area contributed by atoms with Crippen LogP contribution in [-0.4, -0.2) is 42.9 Å². The van der Waals surface area contributed by atoms with Crippen LogP contribution in [0, 0.1) is 5.92 Å². The molecule has 1 N–H and O–H groups in total. The van der Waals surface area contributed by atoms with Crippen LogP contribution < -0.4 is 9.47 Å². The van der Waals surface area contributed by atoms with Gasteiger partial charge in [0.1, 0.15) is 11.5 Å². The number of likely N-dealkylation sites (tertiary alicyclic amines) is 1. The molecule has 1 heterocycles. The Hall–Kier alpha value is -1.26. The third-order valence-corrected chi connectivity index (χ3v) is 5.40. The Morgan fingerprint density at radius 3 is 2.86 bits per heavy atom. The number of rotatable bonds is 4. The summed E-state index contributed by atoms with van der Waals surface area (Å²) >= 11 is 0. The SMILES string of the molecule is COc1ccc(CN2CCC3(O)CCCCC3C2)c(OC)c1. The predicted octanol–water partition coefficient (Wildman–Crippen LogP) is 2.83. The second-order valence-corrected chi connectivity index (χ2v) is 6.71. The van der Waals surface area contributed by atoms with E-state index in [0.717, 1.165) is 50.4 Å². The fourth-order valence-electron chi connectivity index (χ4n) is 4.01. The van der Waals surface area contributed by atoms with E-state index in [-0.39, 0.29) is 0 Å².